The number of hydrazine groups is 2. The van der Waals surface area contributed by atoms with Gasteiger partial charge in [0.2, 0.25) is 0 Å². The summed E-state index contributed by atoms with van der Waals surface area (Å²) in [6.45, 7) is 6.52. The maximum Gasteiger partial charge on any atom is 0.324 e. The van der Waals surface area contributed by atoms with Gasteiger partial charge in [-0.1, -0.05) is 0 Å². The average Bonchev–Trinajstić information content (AvgIpc) is 2.44. The minimum Gasteiger partial charge on any atom is -0.304 e. The average molecular weight is 284 g/mol. The van der Waals surface area contributed by atoms with Crippen LogP contribution in [0, 0.1) is 0 Å². The molecular formula is C12H24N6O2. The molecule has 2 N–H and O–H groups in total. The van der Waals surface area contributed by atoms with Gasteiger partial charge in [0.25, 0.3) is 0 Å². The molecule has 8 nitrogen and oxygen atoms in total. The summed E-state index contributed by atoms with van der Waals surface area (Å²) in [5.74, 6) is -1.18. The number of carbonyl (C=O) groups is 2. The van der Waals surface area contributed by atoms with Gasteiger partial charge >= 0.3 is 11.8 Å². The summed E-state index contributed by atoms with van der Waals surface area (Å²) < 4.78 is 0. The van der Waals surface area contributed by atoms with Gasteiger partial charge in [-0.15, -0.1) is 0 Å². The van der Waals surface area contributed by atoms with E-state index in [4.69, 9.17) is 0 Å². The van der Waals surface area contributed by atoms with Crippen LogP contribution in [-0.2, 0) is 9.59 Å². The third-order valence-corrected chi connectivity index (χ3v) is 3.73. The number of hydrogen-bond acceptors (Lipinski definition) is 6. The number of amides is 2. The lowest BCUT2D eigenvalue weighted by atomic mass is 10.4. The first-order chi connectivity index (χ1) is 9.54. The maximum atomic E-state index is 11.8. The zero-order valence-electron chi connectivity index (χ0n) is 12.3. The summed E-state index contributed by atoms with van der Waals surface area (Å²) in [6.07, 6.45) is 0. The SMILES string of the molecule is CN1CCN(NC(=O)C(=O)NN2CCN(C)CC2)CC1. The zero-order chi connectivity index (χ0) is 14.5. The predicted octanol–water partition coefficient (Wildman–Crippen LogP) is -2.46. The lowest BCUT2D eigenvalue weighted by molar-refractivity contribution is -0.145. The van der Waals surface area contributed by atoms with Gasteiger partial charge in [0.15, 0.2) is 0 Å². The van der Waals surface area contributed by atoms with Gasteiger partial charge in [-0.3, -0.25) is 20.4 Å². The molecule has 2 heterocycles. The second kappa shape index (κ2) is 6.98. The molecule has 0 aromatic rings. The number of nitrogens with one attached hydrogen (secondary N) is 2. The molecule has 0 unspecified atom stereocenters. The monoisotopic (exact) mass is 284 g/mol. The normalized spacial score (nSPS) is 23.5. The van der Waals surface area contributed by atoms with E-state index in [1.54, 1.807) is 10.0 Å². The van der Waals surface area contributed by atoms with E-state index in [-0.39, 0.29) is 0 Å². The molecule has 0 radical (unpaired) electrons. The van der Waals surface area contributed by atoms with Gasteiger partial charge in [0, 0.05) is 52.4 Å². The lowest BCUT2D eigenvalue weighted by Crippen LogP contribution is -2.59. The van der Waals surface area contributed by atoms with Crippen molar-refractivity contribution in [3.8, 4) is 0 Å². The fraction of sp³-hybridized carbons (Fsp3) is 0.833. The molecule has 0 aromatic carbocycles. The predicted molar refractivity (Wildman–Crippen MR) is 74.4 cm³/mol. The highest BCUT2D eigenvalue weighted by Crippen LogP contribution is 1.97. The Morgan fingerprint density at radius 1 is 0.650 bits per heavy atom. The Morgan fingerprint density at radius 2 is 0.950 bits per heavy atom. The fourth-order valence-electron chi connectivity index (χ4n) is 2.23. The third kappa shape index (κ3) is 4.41. The van der Waals surface area contributed by atoms with Crippen LogP contribution in [0.1, 0.15) is 0 Å². The highest BCUT2D eigenvalue weighted by molar-refractivity contribution is 6.34. The largest absolute Gasteiger partial charge is 0.324 e. The molecule has 0 atom stereocenters. The van der Waals surface area contributed by atoms with Gasteiger partial charge in [0.1, 0.15) is 0 Å². The molecule has 0 bridgehead atoms. The van der Waals surface area contributed by atoms with E-state index in [2.05, 4.69) is 20.7 Å². The summed E-state index contributed by atoms with van der Waals surface area (Å²) in [4.78, 5) is 28.0. The van der Waals surface area contributed by atoms with Crippen LogP contribution in [0.5, 0.6) is 0 Å². The molecule has 2 saturated heterocycles. The van der Waals surface area contributed by atoms with Crippen LogP contribution < -0.4 is 10.9 Å². The van der Waals surface area contributed by atoms with Crippen molar-refractivity contribution in [1.82, 2.24) is 30.7 Å². The molecule has 0 aliphatic carbocycles. The Kier molecular flexibility index (Phi) is 5.30. The first-order valence-electron chi connectivity index (χ1n) is 7.03. The number of nitrogens with zero attached hydrogens (tertiary/aromatic N) is 4. The van der Waals surface area contributed by atoms with Crippen molar-refractivity contribution in [3.63, 3.8) is 0 Å². The Balaban J connectivity index is 1.70. The van der Waals surface area contributed by atoms with Crippen LogP contribution in [0.15, 0.2) is 0 Å². The first-order valence-corrected chi connectivity index (χ1v) is 7.03. The number of carbonyl (C=O) groups excluding carboxylic acids is 2. The highest BCUT2D eigenvalue weighted by Gasteiger charge is 2.23. The molecular weight excluding hydrogens is 260 g/mol. The van der Waals surface area contributed by atoms with Crippen molar-refractivity contribution >= 4 is 11.8 Å². The van der Waals surface area contributed by atoms with Gasteiger partial charge < -0.3 is 9.80 Å². The van der Waals surface area contributed by atoms with Gasteiger partial charge in [-0.25, -0.2) is 10.0 Å². The number of rotatable bonds is 2. The molecule has 2 aliphatic heterocycles. The summed E-state index contributed by atoms with van der Waals surface area (Å²) >= 11 is 0. The Hall–Kier alpha value is -1.22. The smallest absolute Gasteiger partial charge is 0.304 e. The van der Waals surface area contributed by atoms with Crippen LogP contribution in [0.2, 0.25) is 0 Å². The summed E-state index contributed by atoms with van der Waals surface area (Å²) in [6, 6.07) is 0. The highest BCUT2D eigenvalue weighted by atomic mass is 16.2. The molecule has 2 amide bonds. The minimum atomic E-state index is -0.589. The van der Waals surface area contributed by atoms with E-state index in [0.29, 0.717) is 0 Å². The molecule has 8 heteroatoms. The Morgan fingerprint density at radius 3 is 1.25 bits per heavy atom. The van der Waals surface area contributed by atoms with Gasteiger partial charge in [-0.2, -0.15) is 0 Å². The van der Waals surface area contributed by atoms with Crippen molar-refractivity contribution in [3.05, 3.63) is 0 Å². The van der Waals surface area contributed by atoms with Crippen molar-refractivity contribution < 1.29 is 9.59 Å². The second-order valence-corrected chi connectivity index (χ2v) is 5.46. The van der Waals surface area contributed by atoms with Gasteiger partial charge in [-0.05, 0) is 14.1 Å². The molecule has 0 spiro atoms. The zero-order valence-corrected chi connectivity index (χ0v) is 12.3. The van der Waals surface area contributed by atoms with E-state index < -0.39 is 11.8 Å². The first kappa shape index (κ1) is 15.2. The van der Waals surface area contributed by atoms with Crippen molar-refractivity contribution in [2.75, 3.05) is 66.5 Å². The molecule has 0 saturated carbocycles. The van der Waals surface area contributed by atoms with Crippen LogP contribution in [-0.4, -0.2) is 98.1 Å². The Labute approximate surface area is 119 Å². The van der Waals surface area contributed by atoms with E-state index in [0.717, 1.165) is 52.4 Å². The number of piperazine rings is 2. The van der Waals surface area contributed by atoms with E-state index in [9.17, 15) is 9.59 Å². The van der Waals surface area contributed by atoms with Crippen molar-refractivity contribution in [2.24, 2.45) is 0 Å². The molecule has 2 aliphatic rings. The molecule has 2 fully saturated rings. The summed E-state index contributed by atoms with van der Waals surface area (Å²) in [7, 11) is 4.08. The molecule has 0 aromatic heterocycles. The van der Waals surface area contributed by atoms with Crippen LogP contribution in [0.25, 0.3) is 0 Å². The number of hydrogen-bond donors (Lipinski definition) is 2. The molecule has 20 heavy (non-hydrogen) atoms. The van der Waals surface area contributed by atoms with Crippen LogP contribution >= 0.6 is 0 Å². The molecule has 114 valence electrons. The second-order valence-electron chi connectivity index (χ2n) is 5.46. The quantitative estimate of drug-likeness (QED) is 0.548. The summed E-state index contributed by atoms with van der Waals surface area (Å²) in [5, 5.41) is 3.60. The standard InChI is InChI=1S/C12H24N6O2/c1-15-3-7-17(8-4-15)13-11(19)12(20)14-18-9-5-16(2)6-10-18/h3-10H2,1-2H3,(H,13,19)(H,14,20). The van der Waals surface area contributed by atoms with Crippen LogP contribution in [0.3, 0.4) is 0 Å². The maximum absolute atomic E-state index is 11.8. The minimum absolute atomic E-state index is 0.589. The topological polar surface area (TPSA) is 71.2 Å². The molecule has 2 rings (SSSR count). The van der Waals surface area contributed by atoms with E-state index >= 15 is 0 Å². The third-order valence-electron chi connectivity index (χ3n) is 3.73. The summed E-state index contributed by atoms with van der Waals surface area (Å²) in [5.41, 5.74) is 5.31. The number of likely N-dealkylation sites (N-methyl/N-ethyl adjacent to an activating group) is 2. The van der Waals surface area contributed by atoms with Crippen molar-refractivity contribution in [1.29, 1.82) is 0 Å². The Bertz CT molecular complexity index is 314. The lowest BCUT2D eigenvalue weighted by Gasteiger charge is -2.33. The fourth-order valence-corrected chi connectivity index (χ4v) is 2.23. The van der Waals surface area contributed by atoms with Crippen molar-refractivity contribution in [2.45, 2.75) is 0 Å². The van der Waals surface area contributed by atoms with Crippen LogP contribution in [0.4, 0.5) is 0 Å². The van der Waals surface area contributed by atoms with E-state index in [1.165, 1.54) is 0 Å². The van der Waals surface area contributed by atoms with E-state index in [1.807, 2.05) is 14.1 Å². The van der Waals surface area contributed by atoms with Gasteiger partial charge in [0.05, 0.1) is 0 Å².